The molecule has 114 valence electrons. The summed E-state index contributed by atoms with van der Waals surface area (Å²) in [7, 11) is 0. The van der Waals surface area contributed by atoms with Crippen molar-refractivity contribution in [1.82, 2.24) is 15.1 Å². The second-order valence-electron chi connectivity index (χ2n) is 5.89. The molecule has 2 amide bonds. The van der Waals surface area contributed by atoms with Gasteiger partial charge in [-0.2, -0.15) is 0 Å². The van der Waals surface area contributed by atoms with E-state index >= 15 is 0 Å². The number of piperazine rings is 1. The lowest BCUT2D eigenvalue weighted by atomic mass is 10.1. The number of halogens is 1. The molecular weight excluding hydrogens is 269 g/mol. The maximum absolute atomic E-state index is 13.6. The van der Waals surface area contributed by atoms with Gasteiger partial charge in [0, 0.05) is 38.8 Å². The predicted molar refractivity (Wildman–Crippen MR) is 79.7 cm³/mol. The Morgan fingerprint density at radius 3 is 2.57 bits per heavy atom. The highest BCUT2D eigenvalue weighted by molar-refractivity contribution is 5.75. The van der Waals surface area contributed by atoms with Gasteiger partial charge >= 0.3 is 6.03 Å². The third-order valence-corrected chi connectivity index (χ3v) is 4.22. The number of rotatable bonds is 4. The van der Waals surface area contributed by atoms with Gasteiger partial charge in [-0.1, -0.05) is 18.2 Å². The molecule has 1 saturated carbocycles. The van der Waals surface area contributed by atoms with Crippen LogP contribution in [-0.2, 0) is 6.42 Å². The van der Waals surface area contributed by atoms with Gasteiger partial charge in [-0.15, -0.1) is 0 Å². The molecule has 0 spiro atoms. The van der Waals surface area contributed by atoms with Crippen LogP contribution in [-0.4, -0.2) is 54.6 Å². The second-order valence-corrected chi connectivity index (χ2v) is 5.89. The van der Waals surface area contributed by atoms with Crippen LogP contribution in [0.25, 0.3) is 0 Å². The summed E-state index contributed by atoms with van der Waals surface area (Å²) in [5, 5.41) is 3.02. The molecule has 1 aromatic rings. The van der Waals surface area contributed by atoms with Gasteiger partial charge in [-0.25, -0.2) is 9.18 Å². The summed E-state index contributed by atoms with van der Waals surface area (Å²) >= 11 is 0. The van der Waals surface area contributed by atoms with Crippen LogP contribution in [0, 0.1) is 5.82 Å². The number of hydrogen-bond donors (Lipinski definition) is 1. The molecule has 1 saturated heterocycles. The van der Waals surface area contributed by atoms with Crippen molar-refractivity contribution in [2.24, 2.45) is 0 Å². The average molecular weight is 291 g/mol. The average Bonchev–Trinajstić information content (AvgIpc) is 3.31. The van der Waals surface area contributed by atoms with Crippen LogP contribution in [0.2, 0.25) is 0 Å². The molecular formula is C16H22FN3O. The Morgan fingerprint density at radius 1 is 1.19 bits per heavy atom. The lowest BCUT2D eigenvalue weighted by Crippen LogP contribution is -2.52. The Balaban J connectivity index is 1.41. The summed E-state index contributed by atoms with van der Waals surface area (Å²) < 4.78 is 13.6. The topological polar surface area (TPSA) is 35.6 Å². The van der Waals surface area contributed by atoms with Gasteiger partial charge in [-0.05, 0) is 30.9 Å². The summed E-state index contributed by atoms with van der Waals surface area (Å²) in [5.74, 6) is -0.125. The molecule has 0 aromatic heterocycles. The minimum absolute atomic E-state index is 0.0752. The van der Waals surface area contributed by atoms with E-state index in [9.17, 15) is 9.18 Å². The smallest absolute Gasteiger partial charge is 0.317 e. The molecule has 3 rings (SSSR count). The van der Waals surface area contributed by atoms with E-state index in [-0.39, 0.29) is 11.8 Å². The summed E-state index contributed by atoms with van der Waals surface area (Å²) in [6.07, 6.45) is 2.96. The molecule has 1 aliphatic carbocycles. The SMILES string of the molecule is O=C(NC1CC1)N1CCN(CCc2ccccc2F)CC1. The minimum atomic E-state index is -0.125. The minimum Gasteiger partial charge on any atom is -0.335 e. The Bertz CT molecular complexity index is 496. The van der Waals surface area contributed by atoms with Crippen molar-refractivity contribution >= 4 is 6.03 Å². The Morgan fingerprint density at radius 2 is 1.90 bits per heavy atom. The summed E-state index contributed by atoms with van der Waals surface area (Å²) in [4.78, 5) is 16.1. The van der Waals surface area contributed by atoms with Gasteiger partial charge < -0.3 is 10.2 Å². The fourth-order valence-electron chi connectivity index (χ4n) is 2.65. The van der Waals surface area contributed by atoms with Gasteiger partial charge in [-0.3, -0.25) is 4.90 Å². The van der Waals surface area contributed by atoms with Crippen molar-refractivity contribution in [3.63, 3.8) is 0 Å². The molecule has 0 unspecified atom stereocenters. The zero-order valence-electron chi connectivity index (χ0n) is 12.2. The number of amides is 2. The molecule has 0 atom stereocenters. The number of nitrogens with zero attached hydrogens (tertiary/aromatic N) is 2. The van der Waals surface area contributed by atoms with Crippen molar-refractivity contribution in [2.75, 3.05) is 32.7 Å². The summed E-state index contributed by atoms with van der Waals surface area (Å²) in [6, 6.07) is 7.43. The van der Waals surface area contributed by atoms with Crippen LogP contribution in [0.1, 0.15) is 18.4 Å². The first kappa shape index (κ1) is 14.3. The predicted octanol–water partition coefficient (Wildman–Crippen LogP) is 1.86. The fourth-order valence-corrected chi connectivity index (χ4v) is 2.65. The van der Waals surface area contributed by atoms with Crippen LogP contribution in [0.4, 0.5) is 9.18 Å². The summed E-state index contributed by atoms with van der Waals surface area (Å²) in [6.45, 7) is 4.10. The van der Waals surface area contributed by atoms with Crippen LogP contribution in [0.15, 0.2) is 24.3 Å². The Labute approximate surface area is 124 Å². The second kappa shape index (κ2) is 6.43. The lowest BCUT2D eigenvalue weighted by Gasteiger charge is -2.34. The van der Waals surface area contributed by atoms with E-state index in [2.05, 4.69) is 10.2 Å². The zero-order valence-corrected chi connectivity index (χ0v) is 12.2. The highest BCUT2D eigenvalue weighted by Crippen LogP contribution is 2.19. The standard InChI is InChI=1S/C16H22FN3O/c17-15-4-2-1-3-13(15)7-8-19-9-11-20(12-10-19)16(21)18-14-5-6-14/h1-4,14H,5-12H2,(H,18,21). The van der Waals surface area contributed by atoms with Gasteiger partial charge in [0.15, 0.2) is 0 Å². The van der Waals surface area contributed by atoms with E-state index in [0.29, 0.717) is 6.04 Å². The molecule has 5 heteroatoms. The highest BCUT2D eigenvalue weighted by Gasteiger charge is 2.27. The molecule has 0 bridgehead atoms. The summed E-state index contributed by atoms with van der Waals surface area (Å²) in [5.41, 5.74) is 0.770. The molecule has 4 nitrogen and oxygen atoms in total. The van der Waals surface area contributed by atoms with Gasteiger partial charge in [0.25, 0.3) is 0 Å². The molecule has 1 aromatic carbocycles. The van der Waals surface area contributed by atoms with Gasteiger partial charge in [0.2, 0.25) is 0 Å². The van der Waals surface area contributed by atoms with E-state index in [1.807, 2.05) is 17.0 Å². The zero-order chi connectivity index (χ0) is 14.7. The number of benzene rings is 1. The quantitative estimate of drug-likeness (QED) is 0.919. The molecule has 2 aliphatic rings. The first-order valence-corrected chi connectivity index (χ1v) is 7.73. The van der Waals surface area contributed by atoms with Crippen molar-refractivity contribution in [1.29, 1.82) is 0 Å². The molecule has 0 radical (unpaired) electrons. The van der Waals surface area contributed by atoms with Gasteiger partial charge in [0.05, 0.1) is 0 Å². The van der Waals surface area contributed by atoms with E-state index in [0.717, 1.165) is 57.5 Å². The Kier molecular flexibility index (Phi) is 4.39. The number of nitrogens with one attached hydrogen (secondary N) is 1. The van der Waals surface area contributed by atoms with Crippen molar-refractivity contribution in [2.45, 2.75) is 25.3 Å². The number of urea groups is 1. The van der Waals surface area contributed by atoms with Gasteiger partial charge in [0.1, 0.15) is 5.82 Å². The number of carbonyl (C=O) groups is 1. The molecule has 1 aliphatic heterocycles. The maximum atomic E-state index is 13.6. The van der Waals surface area contributed by atoms with E-state index in [4.69, 9.17) is 0 Å². The first-order chi connectivity index (χ1) is 10.2. The molecule has 2 fully saturated rings. The van der Waals surface area contributed by atoms with E-state index in [1.54, 1.807) is 6.07 Å². The van der Waals surface area contributed by atoms with Crippen LogP contribution in [0.3, 0.4) is 0 Å². The fraction of sp³-hybridized carbons (Fsp3) is 0.562. The van der Waals surface area contributed by atoms with E-state index < -0.39 is 0 Å². The van der Waals surface area contributed by atoms with Crippen LogP contribution >= 0.6 is 0 Å². The largest absolute Gasteiger partial charge is 0.335 e. The van der Waals surface area contributed by atoms with Crippen molar-refractivity contribution in [3.05, 3.63) is 35.6 Å². The van der Waals surface area contributed by atoms with E-state index in [1.165, 1.54) is 6.07 Å². The number of hydrogen-bond acceptors (Lipinski definition) is 2. The third kappa shape index (κ3) is 3.94. The third-order valence-electron chi connectivity index (χ3n) is 4.22. The monoisotopic (exact) mass is 291 g/mol. The first-order valence-electron chi connectivity index (χ1n) is 7.73. The maximum Gasteiger partial charge on any atom is 0.317 e. The van der Waals surface area contributed by atoms with Crippen LogP contribution < -0.4 is 5.32 Å². The number of carbonyl (C=O) groups excluding carboxylic acids is 1. The molecule has 1 heterocycles. The van der Waals surface area contributed by atoms with Crippen molar-refractivity contribution < 1.29 is 9.18 Å². The highest BCUT2D eigenvalue weighted by atomic mass is 19.1. The lowest BCUT2D eigenvalue weighted by molar-refractivity contribution is 0.139. The molecule has 21 heavy (non-hydrogen) atoms. The molecule has 1 N–H and O–H groups in total. The normalized spacial score (nSPS) is 19.6. The van der Waals surface area contributed by atoms with Crippen LogP contribution in [0.5, 0.6) is 0 Å². The Hall–Kier alpha value is -1.62. The van der Waals surface area contributed by atoms with Crippen molar-refractivity contribution in [3.8, 4) is 0 Å².